The predicted molar refractivity (Wildman–Crippen MR) is 104 cm³/mol. The zero-order chi connectivity index (χ0) is 17.1. The first-order valence-electron chi connectivity index (χ1n) is 8.29. The van der Waals surface area contributed by atoms with E-state index in [2.05, 4.69) is 33.5 Å². The van der Waals surface area contributed by atoms with E-state index in [0.29, 0.717) is 0 Å². The average Bonchev–Trinajstić information content (AvgIpc) is 3.12. The van der Waals surface area contributed by atoms with Crippen LogP contribution in [0.5, 0.6) is 0 Å². The molecule has 25 heavy (non-hydrogen) atoms. The van der Waals surface area contributed by atoms with Crippen molar-refractivity contribution < 1.29 is 9.64 Å². The molecular weight excluding hydrogens is 374 g/mol. The van der Waals surface area contributed by atoms with E-state index in [1.165, 1.54) is 10.5 Å². The van der Waals surface area contributed by atoms with E-state index in [1.54, 1.807) is 29.4 Å². The van der Waals surface area contributed by atoms with Crippen LogP contribution < -0.4 is 4.90 Å². The maximum atomic E-state index is 6.30. The summed E-state index contributed by atoms with van der Waals surface area (Å²) in [5.41, 5.74) is 1.21. The maximum Gasteiger partial charge on any atom is 0.127 e. The Hall–Kier alpha value is -1.18. The molecule has 1 aliphatic rings. The van der Waals surface area contributed by atoms with E-state index in [0.717, 1.165) is 52.3 Å². The van der Waals surface area contributed by atoms with Gasteiger partial charge in [0.05, 0.1) is 6.61 Å². The fourth-order valence-corrected chi connectivity index (χ4v) is 5.09. The standard InChI is InChI=1S/C18H18ClN3OS2/c19-16-4-2-1-3-13(16)9-22-6-7-23-14(10-22)11-25-18-15-5-8-24-17(15)20-12-21-18/h1-5,8,12,14H,6-7,9-11H2/p+1/t14-/m0/s1. The number of ether oxygens (including phenoxy) is 1. The van der Waals surface area contributed by atoms with E-state index in [9.17, 15) is 0 Å². The summed E-state index contributed by atoms with van der Waals surface area (Å²) in [5.74, 6) is 0.911. The third-order valence-electron chi connectivity index (χ3n) is 4.35. The van der Waals surface area contributed by atoms with Gasteiger partial charge in [-0.1, -0.05) is 29.8 Å². The van der Waals surface area contributed by atoms with E-state index in [1.807, 2.05) is 12.1 Å². The SMILES string of the molecule is Clc1ccccc1C[NH+]1CCO[C@H](CSc2ncnc3sccc23)C1. The fourth-order valence-electron chi connectivity index (χ4n) is 3.09. The summed E-state index contributed by atoms with van der Waals surface area (Å²) in [6.07, 6.45) is 1.89. The highest BCUT2D eigenvalue weighted by Gasteiger charge is 2.25. The van der Waals surface area contributed by atoms with Crippen molar-refractivity contribution in [1.82, 2.24) is 9.97 Å². The van der Waals surface area contributed by atoms with Crippen LogP contribution in [0.3, 0.4) is 0 Å². The van der Waals surface area contributed by atoms with Crippen LogP contribution in [0.1, 0.15) is 5.56 Å². The molecule has 3 aromatic rings. The number of rotatable bonds is 5. The normalized spacial score (nSPS) is 20.8. The van der Waals surface area contributed by atoms with Gasteiger partial charge in [-0.05, 0) is 17.5 Å². The zero-order valence-electron chi connectivity index (χ0n) is 13.7. The quantitative estimate of drug-likeness (QED) is 0.535. The Kier molecular flexibility index (Phi) is 5.53. The van der Waals surface area contributed by atoms with Gasteiger partial charge in [0.15, 0.2) is 0 Å². The molecule has 1 fully saturated rings. The summed E-state index contributed by atoms with van der Waals surface area (Å²) in [7, 11) is 0. The minimum Gasteiger partial charge on any atom is -0.366 e. The highest BCUT2D eigenvalue weighted by atomic mass is 35.5. The molecule has 1 aliphatic heterocycles. The molecular formula is C18H19ClN3OS2+. The predicted octanol–water partition coefficient (Wildman–Crippen LogP) is 2.92. The van der Waals surface area contributed by atoms with Crippen molar-refractivity contribution in [2.24, 2.45) is 0 Å². The number of benzene rings is 1. The number of hydrogen-bond donors (Lipinski definition) is 1. The van der Waals surface area contributed by atoms with Crippen LogP contribution in [-0.4, -0.2) is 41.5 Å². The number of hydrogen-bond acceptors (Lipinski definition) is 5. The smallest absolute Gasteiger partial charge is 0.127 e. The van der Waals surface area contributed by atoms with Crippen LogP contribution in [-0.2, 0) is 11.3 Å². The largest absolute Gasteiger partial charge is 0.366 e. The zero-order valence-corrected chi connectivity index (χ0v) is 16.0. The number of thiophene rings is 1. The van der Waals surface area contributed by atoms with Crippen LogP contribution in [0.4, 0.5) is 0 Å². The Morgan fingerprint density at radius 3 is 3.12 bits per heavy atom. The second-order valence-electron chi connectivity index (χ2n) is 6.09. The molecule has 0 amide bonds. The number of fused-ring (bicyclic) bond motifs is 1. The van der Waals surface area contributed by atoms with Crippen LogP contribution in [0.15, 0.2) is 47.1 Å². The molecule has 1 saturated heterocycles. The number of quaternary nitrogens is 1. The Labute approximate surface area is 160 Å². The van der Waals surface area contributed by atoms with Gasteiger partial charge in [0.1, 0.15) is 41.9 Å². The molecule has 130 valence electrons. The first-order chi connectivity index (χ1) is 12.3. The number of aromatic nitrogens is 2. The number of morpholine rings is 1. The lowest BCUT2D eigenvalue weighted by molar-refractivity contribution is -0.924. The van der Waals surface area contributed by atoms with Gasteiger partial charge in [0.25, 0.3) is 0 Å². The maximum absolute atomic E-state index is 6.30. The molecule has 1 N–H and O–H groups in total. The summed E-state index contributed by atoms with van der Waals surface area (Å²) in [6, 6.07) is 10.2. The topological polar surface area (TPSA) is 39.5 Å². The average molecular weight is 393 g/mol. The summed E-state index contributed by atoms with van der Waals surface area (Å²) < 4.78 is 5.98. The second kappa shape index (κ2) is 8.01. The van der Waals surface area contributed by atoms with Gasteiger partial charge in [-0.2, -0.15) is 0 Å². The molecule has 4 nitrogen and oxygen atoms in total. The minimum atomic E-state index is 0.236. The third-order valence-corrected chi connectivity index (χ3v) is 6.68. The van der Waals surface area contributed by atoms with E-state index >= 15 is 0 Å². The van der Waals surface area contributed by atoms with Gasteiger partial charge in [-0.25, -0.2) is 9.97 Å². The first-order valence-corrected chi connectivity index (χ1v) is 10.5. The Bertz CT molecular complexity index is 857. The monoisotopic (exact) mass is 392 g/mol. The molecule has 3 heterocycles. The molecule has 0 bridgehead atoms. The van der Waals surface area contributed by atoms with Crippen molar-refractivity contribution in [3.63, 3.8) is 0 Å². The summed E-state index contributed by atoms with van der Waals surface area (Å²) in [5, 5.41) is 5.12. The van der Waals surface area contributed by atoms with Gasteiger partial charge < -0.3 is 9.64 Å². The number of nitrogens with one attached hydrogen (secondary N) is 1. The summed E-state index contributed by atoms with van der Waals surface area (Å²) in [4.78, 5) is 11.3. The molecule has 2 aromatic heterocycles. The lowest BCUT2D eigenvalue weighted by Crippen LogP contribution is -3.13. The van der Waals surface area contributed by atoms with Crippen molar-refractivity contribution in [3.8, 4) is 0 Å². The molecule has 0 saturated carbocycles. The van der Waals surface area contributed by atoms with Crippen molar-refractivity contribution in [1.29, 1.82) is 0 Å². The van der Waals surface area contributed by atoms with Crippen molar-refractivity contribution in [2.45, 2.75) is 17.7 Å². The van der Waals surface area contributed by atoms with Crippen molar-refractivity contribution in [2.75, 3.05) is 25.4 Å². The first kappa shape index (κ1) is 17.2. The van der Waals surface area contributed by atoms with E-state index < -0.39 is 0 Å². The van der Waals surface area contributed by atoms with Crippen molar-refractivity contribution in [3.05, 3.63) is 52.6 Å². The molecule has 0 spiro atoms. The highest BCUT2D eigenvalue weighted by Crippen LogP contribution is 2.28. The Balaban J connectivity index is 1.37. The van der Waals surface area contributed by atoms with E-state index in [-0.39, 0.29) is 6.10 Å². The Morgan fingerprint density at radius 2 is 2.20 bits per heavy atom. The molecule has 4 rings (SSSR count). The molecule has 1 unspecified atom stereocenters. The second-order valence-corrected chi connectivity index (χ2v) is 8.40. The molecule has 1 aromatic carbocycles. The number of nitrogens with zero attached hydrogens (tertiary/aromatic N) is 2. The minimum absolute atomic E-state index is 0.236. The molecule has 0 radical (unpaired) electrons. The van der Waals surface area contributed by atoms with Crippen LogP contribution in [0.2, 0.25) is 5.02 Å². The number of halogens is 1. The van der Waals surface area contributed by atoms with E-state index in [4.69, 9.17) is 16.3 Å². The van der Waals surface area contributed by atoms with Crippen LogP contribution >= 0.6 is 34.7 Å². The fraction of sp³-hybridized carbons (Fsp3) is 0.333. The van der Waals surface area contributed by atoms with Gasteiger partial charge in [-0.15, -0.1) is 23.1 Å². The highest BCUT2D eigenvalue weighted by molar-refractivity contribution is 7.99. The van der Waals surface area contributed by atoms with Gasteiger partial charge >= 0.3 is 0 Å². The van der Waals surface area contributed by atoms with Gasteiger partial charge in [0, 0.05) is 21.7 Å². The molecule has 0 aliphatic carbocycles. The summed E-state index contributed by atoms with van der Waals surface area (Å²) in [6.45, 7) is 3.76. The van der Waals surface area contributed by atoms with Gasteiger partial charge in [0.2, 0.25) is 0 Å². The van der Waals surface area contributed by atoms with Crippen LogP contribution in [0, 0.1) is 0 Å². The third kappa shape index (κ3) is 4.15. The van der Waals surface area contributed by atoms with Gasteiger partial charge in [-0.3, -0.25) is 0 Å². The molecule has 7 heteroatoms. The molecule has 2 atom stereocenters. The van der Waals surface area contributed by atoms with Crippen molar-refractivity contribution >= 4 is 44.9 Å². The Morgan fingerprint density at radius 1 is 1.28 bits per heavy atom. The lowest BCUT2D eigenvalue weighted by atomic mass is 10.2. The summed E-state index contributed by atoms with van der Waals surface area (Å²) >= 11 is 9.72. The lowest BCUT2D eigenvalue weighted by Gasteiger charge is -2.30. The number of thioether (sulfide) groups is 1. The van der Waals surface area contributed by atoms with Crippen LogP contribution in [0.25, 0.3) is 10.2 Å².